The Morgan fingerprint density at radius 2 is 0.478 bits per heavy atom. The predicted octanol–water partition coefficient (Wildman–Crippen LogP) is 7.91. The van der Waals surface area contributed by atoms with Crippen LogP contribution in [0.2, 0.25) is 10.6 Å². The van der Waals surface area contributed by atoms with Gasteiger partial charge in [0.1, 0.15) is 0 Å². The van der Waals surface area contributed by atoms with Crippen molar-refractivity contribution >= 4 is 72.6 Å². The molecule has 0 heterocycles. The first-order chi connectivity index (χ1) is 22.8. The quantitative estimate of drug-likeness (QED) is 0.0567. The minimum absolute atomic E-state index is 0.722. The Balaban J connectivity index is 1.14. The molecule has 0 amide bonds. The summed E-state index contributed by atoms with van der Waals surface area (Å²) in [7, 11) is -3.44. The first-order valence-corrected chi connectivity index (χ1v) is 26.9. The molecule has 0 nitrogen and oxygen atoms in total. The Morgan fingerprint density at radius 3 is 0.674 bits per heavy atom. The van der Waals surface area contributed by atoms with Gasteiger partial charge in [-0.2, -0.15) is 0 Å². The van der Waals surface area contributed by atoms with Crippen molar-refractivity contribution in [3.8, 4) is 0 Å². The zero-order valence-electron chi connectivity index (χ0n) is 26.3. The zero-order valence-corrected chi connectivity index (χ0v) is 31.5. The third-order valence-corrected chi connectivity index (χ3v) is 25.5. The average Bonchev–Trinajstić information content (AvgIpc) is 3.15. The van der Waals surface area contributed by atoms with Crippen molar-refractivity contribution < 1.29 is 0 Å². The molecular weight excluding hydrogens is 724 g/mol. The molecule has 0 fully saturated rings. The van der Waals surface area contributed by atoms with Crippen molar-refractivity contribution in [3.05, 3.63) is 182 Å². The summed E-state index contributed by atoms with van der Waals surface area (Å²) in [6.45, 7) is 0. The van der Waals surface area contributed by atoms with Gasteiger partial charge in [0.25, 0.3) is 0 Å². The van der Waals surface area contributed by atoms with E-state index in [1.54, 1.807) is 0 Å². The van der Waals surface area contributed by atoms with Crippen molar-refractivity contribution in [2.75, 3.05) is 12.3 Å². The summed E-state index contributed by atoms with van der Waals surface area (Å²) >= 11 is 1.44. The normalized spacial score (nSPS) is 11.7. The van der Waals surface area contributed by atoms with Gasteiger partial charge in [0, 0.05) is 0 Å². The Morgan fingerprint density at radius 1 is 0.283 bits per heavy atom. The molecule has 6 aromatic carbocycles. The van der Waals surface area contributed by atoms with E-state index in [4.69, 9.17) is 0 Å². The van der Waals surface area contributed by atoms with Crippen LogP contribution in [-0.2, 0) is 0 Å². The fraction of sp³-hybridized carbons (Fsp3) is 0.143. The van der Waals surface area contributed by atoms with Gasteiger partial charge in [-0.1, -0.05) is 0 Å². The molecule has 0 aliphatic heterocycles. The summed E-state index contributed by atoms with van der Waals surface area (Å²) in [6, 6.07) is 68.2. The monoisotopic (exact) mass is 768 g/mol. The van der Waals surface area contributed by atoms with Gasteiger partial charge in [-0.25, -0.2) is 0 Å². The first-order valence-electron chi connectivity index (χ1n) is 16.2. The van der Waals surface area contributed by atoms with E-state index in [9.17, 15) is 0 Å². The van der Waals surface area contributed by atoms with Gasteiger partial charge in [-0.15, -0.1) is 0 Å². The standard InChI is InChI=1S/C42H42P2Se2/c1-7-21-37(22-8-1)43(38-23-9-2-10-24-38,39-25-11-3-12-26-39)33-19-35-45-46-36-20-34-44(40-27-13-4-14-28-40,41-29-15-5-16-30-41)42-31-17-6-18-32-42/h1-18,21-32H,19-20,33-36H2/q+2. The third-order valence-electron chi connectivity index (χ3n) is 8.71. The van der Waals surface area contributed by atoms with E-state index >= 15 is 0 Å². The van der Waals surface area contributed by atoms with Crippen LogP contribution < -0.4 is 31.8 Å². The summed E-state index contributed by atoms with van der Waals surface area (Å²) in [5, 5.41) is 11.8. The van der Waals surface area contributed by atoms with E-state index in [2.05, 4.69) is 182 Å². The molecule has 0 saturated carbocycles. The van der Waals surface area contributed by atoms with Crippen molar-refractivity contribution in [3.63, 3.8) is 0 Å². The molecule has 0 unspecified atom stereocenters. The Bertz CT molecular complexity index is 1390. The molecule has 0 saturated heterocycles. The maximum atomic E-state index is 2.38. The fourth-order valence-electron chi connectivity index (χ4n) is 6.60. The molecule has 6 aromatic rings. The molecular formula is C42H42P2Se2+2. The SMILES string of the molecule is c1ccc([P+](CCC[Se][Se]CCC[P+](c2ccccc2)(c2ccccc2)c2ccccc2)(c2ccccc2)c2ccccc2)cc1. The van der Waals surface area contributed by atoms with Crippen LogP contribution in [0.1, 0.15) is 12.8 Å². The molecule has 0 aromatic heterocycles. The molecule has 0 N–H and O–H groups in total. The van der Waals surface area contributed by atoms with E-state index in [1.807, 2.05) is 0 Å². The second kappa shape index (κ2) is 16.9. The second-order valence-corrected chi connectivity index (χ2v) is 26.5. The van der Waals surface area contributed by atoms with E-state index < -0.39 is 14.5 Å². The van der Waals surface area contributed by atoms with Crippen LogP contribution in [0.3, 0.4) is 0 Å². The minimum atomic E-state index is -1.72. The van der Waals surface area contributed by atoms with Crippen molar-refractivity contribution in [2.24, 2.45) is 0 Å². The van der Waals surface area contributed by atoms with Gasteiger partial charge in [0.05, 0.1) is 0 Å². The van der Waals surface area contributed by atoms with Crippen LogP contribution in [0.4, 0.5) is 0 Å². The molecule has 0 aliphatic rings. The average molecular weight is 767 g/mol. The molecule has 0 aliphatic carbocycles. The summed E-state index contributed by atoms with van der Waals surface area (Å²) < 4.78 is 0. The zero-order chi connectivity index (χ0) is 31.3. The number of rotatable bonds is 15. The molecule has 0 bridgehead atoms. The van der Waals surface area contributed by atoms with E-state index in [1.165, 1.54) is 67.6 Å². The summed E-state index contributed by atoms with van der Waals surface area (Å²) in [4.78, 5) is 0. The van der Waals surface area contributed by atoms with Gasteiger partial charge in [-0.3, -0.25) is 0 Å². The van der Waals surface area contributed by atoms with Crippen molar-refractivity contribution in [1.82, 2.24) is 0 Å². The van der Waals surface area contributed by atoms with Crippen molar-refractivity contribution in [2.45, 2.75) is 23.5 Å². The topological polar surface area (TPSA) is 0 Å². The number of hydrogen-bond donors (Lipinski definition) is 0. The van der Waals surface area contributed by atoms with E-state index in [-0.39, 0.29) is 0 Å². The Labute approximate surface area is 288 Å². The molecule has 0 spiro atoms. The van der Waals surface area contributed by atoms with Crippen LogP contribution in [-0.4, -0.2) is 38.6 Å². The van der Waals surface area contributed by atoms with Gasteiger partial charge < -0.3 is 0 Å². The van der Waals surface area contributed by atoms with Crippen LogP contribution in [0.15, 0.2) is 182 Å². The Hall–Kier alpha value is -2.78. The summed E-state index contributed by atoms with van der Waals surface area (Å²) in [5.74, 6) is 0. The predicted molar refractivity (Wildman–Crippen MR) is 210 cm³/mol. The van der Waals surface area contributed by atoms with E-state index in [0.29, 0.717) is 0 Å². The molecule has 46 heavy (non-hydrogen) atoms. The molecule has 4 heteroatoms. The van der Waals surface area contributed by atoms with Gasteiger partial charge in [0.2, 0.25) is 0 Å². The van der Waals surface area contributed by atoms with Gasteiger partial charge >= 0.3 is 290 Å². The fourth-order valence-corrected chi connectivity index (χ4v) is 23.0. The van der Waals surface area contributed by atoms with Crippen LogP contribution in [0, 0.1) is 0 Å². The number of hydrogen-bond acceptors (Lipinski definition) is 0. The molecule has 0 radical (unpaired) electrons. The molecule has 6 rings (SSSR count). The van der Waals surface area contributed by atoms with Gasteiger partial charge in [-0.05, 0) is 0 Å². The molecule has 0 atom stereocenters. The summed E-state index contributed by atoms with van der Waals surface area (Å²) in [5.41, 5.74) is 0. The van der Waals surface area contributed by atoms with Crippen LogP contribution in [0.25, 0.3) is 0 Å². The maximum absolute atomic E-state index is 2.38. The summed E-state index contributed by atoms with van der Waals surface area (Å²) in [6.07, 6.45) is 5.08. The number of benzene rings is 6. The Kier molecular flexibility index (Phi) is 12.1. The van der Waals surface area contributed by atoms with Crippen LogP contribution in [0.5, 0.6) is 0 Å². The van der Waals surface area contributed by atoms with Crippen molar-refractivity contribution in [1.29, 1.82) is 0 Å². The second-order valence-electron chi connectivity index (χ2n) is 11.4. The first kappa shape index (κ1) is 33.1. The third kappa shape index (κ3) is 7.51. The van der Waals surface area contributed by atoms with Gasteiger partial charge in [0.15, 0.2) is 0 Å². The van der Waals surface area contributed by atoms with E-state index in [0.717, 1.165) is 26.3 Å². The van der Waals surface area contributed by atoms with Crippen LogP contribution >= 0.6 is 14.5 Å². The molecule has 230 valence electrons.